The lowest BCUT2D eigenvalue weighted by Crippen LogP contribution is -2.41. The number of amides is 1. The lowest BCUT2D eigenvalue weighted by atomic mass is 10.1. The van der Waals surface area contributed by atoms with Crippen molar-refractivity contribution in [3.63, 3.8) is 0 Å². The molecule has 3 N–H and O–H groups in total. The number of aromatic nitrogens is 2. The Morgan fingerprint density at radius 1 is 1.13 bits per heavy atom. The Morgan fingerprint density at radius 2 is 1.83 bits per heavy atom. The van der Waals surface area contributed by atoms with Crippen molar-refractivity contribution in [3.05, 3.63) is 86.1 Å². The van der Waals surface area contributed by atoms with E-state index in [1.165, 1.54) is 11.6 Å². The molecule has 0 saturated heterocycles. The summed E-state index contributed by atoms with van der Waals surface area (Å²) in [5.74, 6) is 0.0188. The normalized spacial score (nSPS) is 10.6. The Bertz CT molecular complexity index is 1180. The number of nitrogens with zero attached hydrogens (tertiary/aromatic N) is 2. The second-order valence-corrected chi connectivity index (χ2v) is 7.08. The van der Waals surface area contributed by atoms with E-state index in [2.05, 4.69) is 4.98 Å². The van der Waals surface area contributed by atoms with Gasteiger partial charge in [0.15, 0.2) is 12.3 Å². The molecule has 0 fully saturated rings. The molecule has 8 nitrogen and oxygen atoms in total. The van der Waals surface area contributed by atoms with Crippen LogP contribution >= 0.6 is 0 Å². The number of benzene rings is 2. The van der Waals surface area contributed by atoms with Crippen LogP contribution in [-0.4, -0.2) is 29.1 Å². The molecule has 0 unspecified atom stereocenters. The van der Waals surface area contributed by atoms with Crippen molar-refractivity contribution in [2.45, 2.75) is 20.4 Å². The second kappa shape index (κ2) is 8.69. The maximum absolute atomic E-state index is 12.7. The van der Waals surface area contributed by atoms with Crippen LogP contribution in [0.25, 0.3) is 0 Å². The van der Waals surface area contributed by atoms with E-state index in [4.69, 9.17) is 10.5 Å². The molecule has 3 rings (SSSR count). The lowest BCUT2D eigenvalue weighted by molar-refractivity contribution is -0.120. The van der Waals surface area contributed by atoms with Crippen LogP contribution < -0.4 is 26.6 Å². The second-order valence-electron chi connectivity index (χ2n) is 7.08. The van der Waals surface area contributed by atoms with Gasteiger partial charge in [-0.3, -0.25) is 19.1 Å². The van der Waals surface area contributed by atoms with Gasteiger partial charge in [0.1, 0.15) is 11.6 Å². The van der Waals surface area contributed by atoms with Gasteiger partial charge >= 0.3 is 5.69 Å². The van der Waals surface area contributed by atoms with Gasteiger partial charge in [-0.15, -0.1) is 0 Å². The van der Waals surface area contributed by atoms with Crippen molar-refractivity contribution in [1.29, 1.82) is 0 Å². The molecule has 0 saturated carbocycles. The molecule has 1 aromatic heterocycles. The maximum Gasteiger partial charge on any atom is 0.330 e. The number of anilines is 2. The van der Waals surface area contributed by atoms with Gasteiger partial charge in [-0.25, -0.2) is 4.79 Å². The first-order chi connectivity index (χ1) is 14.3. The number of H-pyrrole nitrogens is 1. The Labute approximate surface area is 173 Å². The van der Waals surface area contributed by atoms with Crippen LogP contribution in [0, 0.1) is 13.8 Å². The quantitative estimate of drug-likeness (QED) is 0.646. The number of carbonyl (C=O) groups is 1. The molecule has 0 atom stereocenters. The van der Waals surface area contributed by atoms with Gasteiger partial charge in [-0.05, 0) is 31.0 Å². The summed E-state index contributed by atoms with van der Waals surface area (Å²) >= 11 is 0. The number of likely N-dealkylation sites (N-methyl/N-ethyl adjacent to an activating group) is 1. The molecule has 156 valence electrons. The standard InChI is InChI=1S/C22H24N4O4/c1-14-9-10-17(15(2)11-14)30-13-18(27)25(3)19-20(23)26(22(29)24-21(19)28)12-16-7-5-4-6-8-16/h4-11H,12-13,23H2,1-3H3,(H,24,28,29). The number of aryl methyl sites for hydroxylation is 2. The van der Waals surface area contributed by atoms with Gasteiger partial charge in [-0.2, -0.15) is 0 Å². The summed E-state index contributed by atoms with van der Waals surface area (Å²) in [5.41, 5.74) is 7.48. The summed E-state index contributed by atoms with van der Waals surface area (Å²) in [4.78, 5) is 40.7. The van der Waals surface area contributed by atoms with Gasteiger partial charge < -0.3 is 15.4 Å². The molecule has 0 bridgehead atoms. The third-order valence-electron chi connectivity index (χ3n) is 4.79. The highest BCUT2D eigenvalue weighted by Gasteiger charge is 2.21. The highest BCUT2D eigenvalue weighted by molar-refractivity contribution is 5.96. The fourth-order valence-corrected chi connectivity index (χ4v) is 3.15. The van der Waals surface area contributed by atoms with Gasteiger partial charge in [-0.1, -0.05) is 48.0 Å². The largest absolute Gasteiger partial charge is 0.483 e. The first-order valence-corrected chi connectivity index (χ1v) is 9.41. The van der Waals surface area contributed by atoms with Crippen molar-refractivity contribution >= 4 is 17.4 Å². The van der Waals surface area contributed by atoms with Crippen molar-refractivity contribution < 1.29 is 9.53 Å². The van der Waals surface area contributed by atoms with E-state index in [1.807, 2.05) is 56.3 Å². The molecule has 8 heteroatoms. The average Bonchev–Trinajstić information content (AvgIpc) is 2.70. The molecule has 2 aromatic carbocycles. The first kappa shape index (κ1) is 20.9. The maximum atomic E-state index is 12.7. The number of nitrogen functional groups attached to an aromatic ring is 1. The third kappa shape index (κ3) is 4.43. The molecule has 3 aromatic rings. The molecule has 0 spiro atoms. The topological polar surface area (TPSA) is 110 Å². The van der Waals surface area contributed by atoms with Crippen LogP contribution in [0.2, 0.25) is 0 Å². The van der Waals surface area contributed by atoms with Gasteiger partial charge in [0.25, 0.3) is 11.5 Å². The predicted molar refractivity (Wildman–Crippen MR) is 116 cm³/mol. The van der Waals surface area contributed by atoms with Crippen LogP contribution in [0.4, 0.5) is 11.5 Å². The van der Waals surface area contributed by atoms with E-state index < -0.39 is 17.2 Å². The molecular formula is C22H24N4O4. The van der Waals surface area contributed by atoms with E-state index in [-0.39, 0.29) is 24.7 Å². The number of nitrogens with two attached hydrogens (primary N) is 1. The van der Waals surface area contributed by atoms with Crippen LogP contribution in [0.15, 0.2) is 58.1 Å². The average molecular weight is 408 g/mol. The number of carbonyl (C=O) groups excluding carboxylic acids is 1. The molecule has 0 aliphatic rings. The number of rotatable bonds is 6. The molecule has 30 heavy (non-hydrogen) atoms. The van der Waals surface area contributed by atoms with Crippen LogP contribution in [0.1, 0.15) is 16.7 Å². The highest BCUT2D eigenvalue weighted by Crippen LogP contribution is 2.20. The van der Waals surface area contributed by atoms with E-state index in [1.54, 1.807) is 6.07 Å². The Balaban J connectivity index is 1.84. The summed E-state index contributed by atoms with van der Waals surface area (Å²) in [6, 6.07) is 14.8. The summed E-state index contributed by atoms with van der Waals surface area (Å²) in [5, 5.41) is 0. The molecule has 0 aliphatic heterocycles. The fourth-order valence-electron chi connectivity index (χ4n) is 3.15. The molecule has 0 radical (unpaired) electrons. The summed E-state index contributed by atoms with van der Waals surface area (Å²) in [7, 11) is 1.42. The van der Waals surface area contributed by atoms with E-state index >= 15 is 0 Å². The molecule has 1 amide bonds. The highest BCUT2D eigenvalue weighted by atomic mass is 16.5. The minimum absolute atomic E-state index is 0.0880. The minimum Gasteiger partial charge on any atom is -0.483 e. The van der Waals surface area contributed by atoms with Crippen molar-refractivity contribution in [3.8, 4) is 5.75 Å². The van der Waals surface area contributed by atoms with Crippen LogP contribution in [0.5, 0.6) is 5.75 Å². The fraction of sp³-hybridized carbons (Fsp3) is 0.227. The number of hydrogen-bond donors (Lipinski definition) is 2. The Hall–Kier alpha value is -3.81. The molecule has 0 aliphatic carbocycles. The zero-order valence-corrected chi connectivity index (χ0v) is 17.1. The summed E-state index contributed by atoms with van der Waals surface area (Å²) < 4.78 is 6.84. The SMILES string of the molecule is Cc1ccc(OCC(=O)N(C)c2c(N)n(Cc3ccccc3)c(=O)[nH]c2=O)c(C)c1. The number of aromatic amines is 1. The van der Waals surface area contributed by atoms with Crippen LogP contribution in [-0.2, 0) is 11.3 Å². The molecule has 1 heterocycles. The third-order valence-corrected chi connectivity index (χ3v) is 4.79. The van der Waals surface area contributed by atoms with E-state index in [0.29, 0.717) is 5.75 Å². The van der Waals surface area contributed by atoms with Gasteiger partial charge in [0, 0.05) is 7.05 Å². The first-order valence-electron chi connectivity index (χ1n) is 9.41. The van der Waals surface area contributed by atoms with Crippen molar-refractivity contribution in [1.82, 2.24) is 9.55 Å². The smallest absolute Gasteiger partial charge is 0.330 e. The molecular weight excluding hydrogens is 384 g/mol. The number of ether oxygens (including phenoxy) is 1. The summed E-state index contributed by atoms with van der Waals surface area (Å²) in [6.45, 7) is 3.74. The lowest BCUT2D eigenvalue weighted by Gasteiger charge is -2.21. The minimum atomic E-state index is -0.732. The van der Waals surface area contributed by atoms with E-state index in [9.17, 15) is 14.4 Å². The monoisotopic (exact) mass is 408 g/mol. The number of nitrogens with one attached hydrogen (secondary N) is 1. The number of hydrogen-bond acceptors (Lipinski definition) is 5. The van der Waals surface area contributed by atoms with E-state index in [0.717, 1.165) is 21.6 Å². The Kier molecular flexibility index (Phi) is 6.06. The zero-order chi connectivity index (χ0) is 21.8. The predicted octanol–water partition coefficient (Wildman–Crippen LogP) is 1.83. The van der Waals surface area contributed by atoms with Gasteiger partial charge in [0.05, 0.1) is 6.54 Å². The van der Waals surface area contributed by atoms with Crippen molar-refractivity contribution in [2.75, 3.05) is 24.3 Å². The zero-order valence-electron chi connectivity index (χ0n) is 17.1. The van der Waals surface area contributed by atoms with Crippen LogP contribution in [0.3, 0.4) is 0 Å². The Morgan fingerprint density at radius 3 is 2.50 bits per heavy atom. The summed E-state index contributed by atoms with van der Waals surface area (Å²) in [6.07, 6.45) is 0. The van der Waals surface area contributed by atoms with Gasteiger partial charge in [0.2, 0.25) is 0 Å². The van der Waals surface area contributed by atoms with Crippen molar-refractivity contribution in [2.24, 2.45) is 0 Å².